The molecule has 0 spiro atoms. The van der Waals surface area contributed by atoms with Crippen molar-refractivity contribution in [1.82, 2.24) is 14.7 Å². The van der Waals surface area contributed by atoms with Crippen LogP contribution in [0.3, 0.4) is 0 Å². The van der Waals surface area contributed by atoms with E-state index < -0.39 is 10.0 Å². The summed E-state index contributed by atoms with van der Waals surface area (Å²) in [4.78, 5) is 31.3. The van der Waals surface area contributed by atoms with Gasteiger partial charge < -0.3 is 9.80 Å². The van der Waals surface area contributed by atoms with Crippen LogP contribution in [0, 0.1) is 0 Å². The molecule has 0 saturated carbocycles. The number of carbonyl (C=O) groups excluding carboxylic acids is 2. The second-order valence-corrected chi connectivity index (χ2v) is 9.67. The summed E-state index contributed by atoms with van der Waals surface area (Å²) in [5, 5.41) is 0. The van der Waals surface area contributed by atoms with E-state index in [1.165, 1.54) is 6.42 Å². The van der Waals surface area contributed by atoms with Crippen molar-refractivity contribution in [3.8, 4) is 0 Å². The molecule has 2 aliphatic rings. The Hall–Kier alpha value is -2.13. The van der Waals surface area contributed by atoms with Crippen LogP contribution >= 0.6 is 0 Å². The first kappa shape index (κ1) is 21.6. The molecule has 0 radical (unpaired) electrons. The van der Waals surface area contributed by atoms with Crippen molar-refractivity contribution in [2.75, 3.05) is 50.2 Å². The molecule has 1 aromatic carbocycles. The zero-order chi connectivity index (χ0) is 21.0. The maximum absolute atomic E-state index is 12.9. The van der Waals surface area contributed by atoms with Gasteiger partial charge in [0.15, 0.2) is 0 Å². The van der Waals surface area contributed by atoms with Gasteiger partial charge in [-0.25, -0.2) is 8.42 Å². The molecule has 2 saturated heterocycles. The van der Waals surface area contributed by atoms with Gasteiger partial charge in [0, 0.05) is 38.8 Å². The van der Waals surface area contributed by atoms with E-state index in [2.05, 4.69) is 16.5 Å². The maximum Gasteiger partial charge on any atom is 0.256 e. The topological polar surface area (TPSA) is 90.0 Å². The molecule has 2 heterocycles. The van der Waals surface area contributed by atoms with Crippen LogP contribution in [0.2, 0.25) is 0 Å². The van der Waals surface area contributed by atoms with Crippen LogP contribution in [0.4, 0.5) is 5.69 Å². The van der Waals surface area contributed by atoms with Crippen LogP contribution in [-0.2, 0) is 14.8 Å². The lowest BCUT2D eigenvalue weighted by atomic mass is 10.0. The molecule has 2 amide bonds. The van der Waals surface area contributed by atoms with Crippen LogP contribution in [0.5, 0.6) is 0 Å². The van der Waals surface area contributed by atoms with Crippen molar-refractivity contribution in [2.24, 2.45) is 0 Å². The molecule has 2 aliphatic heterocycles. The van der Waals surface area contributed by atoms with Gasteiger partial charge in [-0.2, -0.15) is 0 Å². The van der Waals surface area contributed by atoms with Crippen molar-refractivity contribution in [3.05, 3.63) is 29.8 Å². The van der Waals surface area contributed by atoms with Gasteiger partial charge >= 0.3 is 0 Å². The Kier molecular flexibility index (Phi) is 6.79. The molecule has 160 valence electrons. The van der Waals surface area contributed by atoms with Crippen LogP contribution < -0.4 is 4.72 Å². The van der Waals surface area contributed by atoms with Crippen molar-refractivity contribution in [3.63, 3.8) is 0 Å². The number of anilines is 1. The zero-order valence-corrected chi connectivity index (χ0v) is 18.0. The third kappa shape index (κ3) is 5.70. The Bertz CT molecular complexity index is 850. The number of carbonyl (C=O) groups is 2. The van der Waals surface area contributed by atoms with Gasteiger partial charge in [0.05, 0.1) is 24.1 Å². The Morgan fingerprint density at radius 1 is 1.07 bits per heavy atom. The molecular weight excluding hydrogens is 392 g/mol. The summed E-state index contributed by atoms with van der Waals surface area (Å²) in [5.74, 6) is -0.0351. The molecular formula is C20H30N4O4S. The van der Waals surface area contributed by atoms with Gasteiger partial charge in [-0.3, -0.25) is 19.2 Å². The second-order valence-electron chi connectivity index (χ2n) is 7.92. The van der Waals surface area contributed by atoms with Crippen LogP contribution in [-0.4, -0.2) is 86.5 Å². The predicted molar refractivity (Wildman–Crippen MR) is 112 cm³/mol. The number of piperazine rings is 1. The fraction of sp³-hybridized carbons (Fsp3) is 0.600. The largest absolute Gasteiger partial charge is 0.339 e. The number of rotatable bonds is 5. The summed E-state index contributed by atoms with van der Waals surface area (Å²) < 4.78 is 25.6. The summed E-state index contributed by atoms with van der Waals surface area (Å²) in [7, 11) is -3.47. The number of para-hydroxylation sites is 1. The molecule has 8 nitrogen and oxygen atoms in total. The molecule has 1 atom stereocenters. The Balaban J connectivity index is 1.57. The van der Waals surface area contributed by atoms with E-state index in [1.54, 1.807) is 29.2 Å². The summed E-state index contributed by atoms with van der Waals surface area (Å²) >= 11 is 0. The molecule has 1 aromatic rings. The monoisotopic (exact) mass is 422 g/mol. The van der Waals surface area contributed by atoms with Gasteiger partial charge in [-0.05, 0) is 38.3 Å². The van der Waals surface area contributed by atoms with Gasteiger partial charge in [0.1, 0.15) is 0 Å². The number of sulfonamides is 1. The van der Waals surface area contributed by atoms with Gasteiger partial charge in [0.2, 0.25) is 15.9 Å². The van der Waals surface area contributed by atoms with Crippen molar-refractivity contribution < 1.29 is 18.0 Å². The number of nitrogens with one attached hydrogen (secondary N) is 1. The Morgan fingerprint density at radius 2 is 1.76 bits per heavy atom. The normalized spacial score (nSPS) is 21.1. The predicted octanol–water partition coefficient (Wildman–Crippen LogP) is 1.22. The third-order valence-corrected chi connectivity index (χ3v) is 6.19. The highest BCUT2D eigenvalue weighted by atomic mass is 32.2. The highest BCUT2D eigenvalue weighted by Gasteiger charge is 2.28. The highest BCUT2D eigenvalue weighted by molar-refractivity contribution is 7.92. The number of likely N-dealkylation sites (tertiary alicyclic amines) is 1. The van der Waals surface area contributed by atoms with Crippen molar-refractivity contribution in [2.45, 2.75) is 32.2 Å². The van der Waals surface area contributed by atoms with E-state index in [4.69, 9.17) is 0 Å². The Morgan fingerprint density at radius 3 is 2.41 bits per heavy atom. The average Bonchev–Trinajstić information content (AvgIpc) is 2.67. The van der Waals surface area contributed by atoms with E-state index in [9.17, 15) is 18.0 Å². The SMILES string of the molecule is CC1CCCCN1C(=O)CN1CCN(C(=O)c2ccccc2NS(C)(=O)=O)CC1. The van der Waals surface area contributed by atoms with E-state index in [1.807, 2.05) is 4.90 Å². The first-order valence-electron chi connectivity index (χ1n) is 10.1. The molecule has 0 bridgehead atoms. The molecule has 29 heavy (non-hydrogen) atoms. The minimum absolute atomic E-state index is 0.166. The number of benzene rings is 1. The summed E-state index contributed by atoms with van der Waals surface area (Å²) in [6.07, 6.45) is 4.38. The lowest BCUT2D eigenvalue weighted by Crippen LogP contribution is -2.53. The molecule has 1 unspecified atom stereocenters. The molecule has 0 aliphatic carbocycles. The summed E-state index contributed by atoms with van der Waals surface area (Å²) in [6, 6.07) is 6.93. The average molecular weight is 423 g/mol. The van der Waals surface area contributed by atoms with Crippen molar-refractivity contribution in [1.29, 1.82) is 0 Å². The Labute approximate surface area is 172 Å². The number of nitrogens with zero attached hydrogens (tertiary/aromatic N) is 3. The van der Waals surface area contributed by atoms with E-state index in [0.717, 1.165) is 25.6 Å². The first-order valence-corrected chi connectivity index (χ1v) is 12.0. The minimum Gasteiger partial charge on any atom is -0.339 e. The number of piperidine rings is 1. The number of hydrogen-bond donors (Lipinski definition) is 1. The van der Waals surface area contributed by atoms with E-state index in [0.29, 0.717) is 44.3 Å². The number of amides is 2. The van der Waals surface area contributed by atoms with Gasteiger partial charge in [-0.1, -0.05) is 12.1 Å². The highest BCUT2D eigenvalue weighted by Crippen LogP contribution is 2.20. The van der Waals surface area contributed by atoms with E-state index >= 15 is 0 Å². The van der Waals surface area contributed by atoms with Gasteiger partial charge in [-0.15, -0.1) is 0 Å². The van der Waals surface area contributed by atoms with Crippen LogP contribution in [0.15, 0.2) is 24.3 Å². The summed E-state index contributed by atoms with van der Waals surface area (Å²) in [5.41, 5.74) is 0.626. The molecule has 3 rings (SSSR count). The third-order valence-electron chi connectivity index (χ3n) is 5.59. The number of hydrogen-bond acceptors (Lipinski definition) is 5. The molecule has 9 heteroatoms. The lowest BCUT2D eigenvalue weighted by molar-refractivity contribution is -0.136. The standard InChI is InChI=1S/C20H30N4O4S/c1-16-7-5-6-10-24(16)19(25)15-22-11-13-23(14-12-22)20(26)17-8-3-4-9-18(17)21-29(2,27)28/h3-4,8-9,16,21H,5-7,10-15H2,1-2H3. The zero-order valence-electron chi connectivity index (χ0n) is 17.1. The van der Waals surface area contributed by atoms with Crippen LogP contribution in [0.1, 0.15) is 36.5 Å². The first-order chi connectivity index (χ1) is 13.7. The molecule has 0 aromatic heterocycles. The fourth-order valence-corrected chi connectivity index (χ4v) is 4.57. The van der Waals surface area contributed by atoms with E-state index in [-0.39, 0.29) is 17.5 Å². The molecule has 2 fully saturated rings. The van der Waals surface area contributed by atoms with Crippen molar-refractivity contribution >= 4 is 27.5 Å². The maximum atomic E-state index is 12.9. The fourth-order valence-electron chi connectivity index (χ4n) is 3.99. The van der Waals surface area contributed by atoms with Gasteiger partial charge in [0.25, 0.3) is 5.91 Å². The smallest absolute Gasteiger partial charge is 0.256 e. The quantitative estimate of drug-likeness (QED) is 0.771. The van der Waals surface area contributed by atoms with Crippen LogP contribution in [0.25, 0.3) is 0 Å². The summed E-state index contributed by atoms with van der Waals surface area (Å²) in [6.45, 7) is 5.60. The lowest BCUT2D eigenvalue weighted by Gasteiger charge is -2.38. The minimum atomic E-state index is -3.47. The molecule has 1 N–H and O–H groups in total. The second kappa shape index (κ2) is 9.13.